The number of hydrogen-bond donors (Lipinski definition) is 2. The molecule has 0 fully saturated rings. The average molecular weight is 327 g/mol. The van der Waals surface area contributed by atoms with Gasteiger partial charge in [0.05, 0.1) is 6.61 Å². The van der Waals surface area contributed by atoms with Crippen LogP contribution in [0.1, 0.15) is 24.8 Å². The molecular formula is C19H21NO4. The Balaban J connectivity index is 1.78. The Morgan fingerprint density at radius 3 is 2.54 bits per heavy atom. The summed E-state index contributed by atoms with van der Waals surface area (Å²) in [5.41, 5.74) is 1.85. The molecule has 2 aromatic rings. The molecule has 0 aromatic heterocycles. The quantitative estimate of drug-likeness (QED) is 0.739. The van der Waals surface area contributed by atoms with E-state index in [2.05, 4.69) is 17.4 Å². The molecule has 1 amide bonds. The van der Waals surface area contributed by atoms with Gasteiger partial charge in [-0.15, -0.1) is 0 Å². The van der Waals surface area contributed by atoms with Crippen molar-refractivity contribution in [3.8, 4) is 5.75 Å². The van der Waals surface area contributed by atoms with Crippen LogP contribution >= 0.6 is 0 Å². The molecule has 0 spiro atoms. The van der Waals surface area contributed by atoms with Crippen LogP contribution in [0.25, 0.3) is 0 Å². The second-order valence-electron chi connectivity index (χ2n) is 5.41. The van der Waals surface area contributed by atoms with E-state index < -0.39 is 5.97 Å². The third-order valence-electron chi connectivity index (χ3n) is 3.41. The first-order chi connectivity index (χ1) is 11.6. The van der Waals surface area contributed by atoms with Crippen molar-refractivity contribution in [2.45, 2.75) is 25.7 Å². The predicted octanol–water partition coefficient (Wildman–Crippen LogP) is 3.50. The van der Waals surface area contributed by atoms with Gasteiger partial charge in [-0.3, -0.25) is 9.59 Å². The Bertz CT molecular complexity index is 670. The summed E-state index contributed by atoms with van der Waals surface area (Å²) in [7, 11) is 0. The van der Waals surface area contributed by atoms with E-state index in [0.29, 0.717) is 24.5 Å². The van der Waals surface area contributed by atoms with Crippen molar-refractivity contribution in [3.05, 3.63) is 60.2 Å². The zero-order valence-corrected chi connectivity index (χ0v) is 13.4. The molecule has 2 aromatic carbocycles. The molecular weight excluding hydrogens is 306 g/mol. The molecule has 2 rings (SSSR count). The normalized spacial score (nSPS) is 10.2. The highest BCUT2D eigenvalue weighted by molar-refractivity contribution is 5.91. The van der Waals surface area contributed by atoms with Gasteiger partial charge >= 0.3 is 5.97 Å². The maximum absolute atomic E-state index is 11.8. The molecule has 24 heavy (non-hydrogen) atoms. The molecule has 0 radical (unpaired) electrons. The van der Waals surface area contributed by atoms with Crippen LogP contribution < -0.4 is 10.1 Å². The van der Waals surface area contributed by atoms with Gasteiger partial charge in [-0.25, -0.2) is 0 Å². The number of benzene rings is 2. The fourth-order valence-electron chi connectivity index (χ4n) is 2.22. The van der Waals surface area contributed by atoms with Crippen LogP contribution in [0.2, 0.25) is 0 Å². The molecule has 0 atom stereocenters. The van der Waals surface area contributed by atoms with Gasteiger partial charge in [0.1, 0.15) is 5.75 Å². The number of carboxylic acids is 1. The fourth-order valence-corrected chi connectivity index (χ4v) is 2.22. The first-order valence-corrected chi connectivity index (χ1v) is 7.92. The molecule has 2 N–H and O–H groups in total. The van der Waals surface area contributed by atoms with Crippen molar-refractivity contribution >= 4 is 17.6 Å². The Hall–Kier alpha value is -2.82. The Morgan fingerprint density at radius 1 is 1.00 bits per heavy atom. The van der Waals surface area contributed by atoms with Crippen molar-refractivity contribution < 1.29 is 19.4 Å². The molecule has 0 aliphatic carbocycles. The predicted molar refractivity (Wildman–Crippen MR) is 92.2 cm³/mol. The number of hydrogen-bond acceptors (Lipinski definition) is 3. The number of carboxylic acid groups (broad SMARTS) is 1. The Labute approximate surface area is 141 Å². The van der Waals surface area contributed by atoms with Crippen molar-refractivity contribution in [1.82, 2.24) is 0 Å². The number of ether oxygens (including phenoxy) is 1. The molecule has 0 saturated heterocycles. The monoisotopic (exact) mass is 327 g/mol. The molecule has 0 aliphatic heterocycles. The third kappa shape index (κ3) is 6.52. The average Bonchev–Trinajstić information content (AvgIpc) is 2.56. The van der Waals surface area contributed by atoms with Gasteiger partial charge in [-0.1, -0.05) is 36.4 Å². The number of rotatable bonds is 9. The molecule has 0 unspecified atom stereocenters. The van der Waals surface area contributed by atoms with Gasteiger partial charge in [0.25, 0.3) is 0 Å². The lowest BCUT2D eigenvalue weighted by Gasteiger charge is -2.09. The summed E-state index contributed by atoms with van der Waals surface area (Å²) in [4.78, 5) is 22.2. The van der Waals surface area contributed by atoms with Crippen LogP contribution in [0.5, 0.6) is 5.75 Å². The first-order valence-electron chi connectivity index (χ1n) is 7.92. The highest BCUT2D eigenvalue weighted by Crippen LogP contribution is 2.18. The molecule has 5 nitrogen and oxygen atoms in total. The largest absolute Gasteiger partial charge is 0.493 e. The van der Waals surface area contributed by atoms with Gasteiger partial charge in [-0.2, -0.15) is 0 Å². The van der Waals surface area contributed by atoms with Gasteiger partial charge in [-0.05, 0) is 24.1 Å². The minimum Gasteiger partial charge on any atom is -0.493 e. The lowest BCUT2D eigenvalue weighted by molar-refractivity contribution is -0.137. The second-order valence-corrected chi connectivity index (χ2v) is 5.41. The van der Waals surface area contributed by atoms with Crippen molar-refractivity contribution in [2.75, 3.05) is 11.9 Å². The summed E-state index contributed by atoms with van der Waals surface area (Å²) < 4.78 is 5.72. The molecule has 0 bridgehead atoms. The lowest BCUT2D eigenvalue weighted by atomic mass is 10.2. The van der Waals surface area contributed by atoms with Gasteiger partial charge < -0.3 is 15.2 Å². The first kappa shape index (κ1) is 17.5. The second kappa shape index (κ2) is 9.35. The van der Waals surface area contributed by atoms with Crippen molar-refractivity contribution in [2.24, 2.45) is 0 Å². The van der Waals surface area contributed by atoms with Crippen LogP contribution in [-0.4, -0.2) is 23.6 Å². The number of aliphatic carboxylic acids is 1. The van der Waals surface area contributed by atoms with E-state index in [-0.39, 0.29) is 18.7 Å². The van der Waals surface area contributed by atoms with Crippen LogP contribution in [0.4, 0.5) is 5.69 Å². The van der Waals surface area contributed by atoms with Gasteiger partial charge in [0.2, 0.25) is 5.91 Å². The van der Waals surface area contributed by atoms with E-state index in [9.17, 15) is 9.59 Å². The molecule has 0 heterocycles. The van der Waals surface area contributed by atoms with E-state index in [4.69, 9.17) is 9.84 Å². The number of carbonyl (C=O) groups is 2. The number of nitrogens with one attached hydrogen (secondary N) is 1. The zero-order valence-electron chi connectivity index (χ0n) is 13.4. The lowest BCUT2D eigenvalue weighted by Crippen LogP contribution is -2.12. The maximum Gasteiger partial charge on any atom is 0.303 e. The van der Waals surface area contributed by atoms with Crippen LogP contribution in [0.15, 0.2) is 54.6 Å². The summed E-state index contributed by atoms with van der Waals surface area (Å²) in [6, 6.07) is 17.3. The summed E-state index contributed by atoms with van der Waals surface area (Å²) in [5.74, 6) is -0.399. The van der Waals surface area contributed by atoms with E-state index >= 15 is 0 Å². The summed E-state index contributed by atoms with van der Waals surface area (Å²) >= 11 is 0. The third-order valence-corrected chi connectivity index (χ3v) is 3.41. The smallest absolute Gasteiger partial charge is 0.303 e. The van der Waals surface area contributed by atoms with E-state index in [1.165, 1.54) is 5.56 Å². The van der Waals surface area contributed by atoms with Gasteiger partial charge in [0.15, 0.2) is 0 Å². The zero-order chi connectivity index (χ0) is 17.2. The minimum absolute atomic E-state index is 0.00391. The summed E-state index contributed by atoms with van der Waals surface area (Å²) in [6.07, 6.45) is 1.32. The summed E-state index contributed by atoms with van der Waals surface area (Å²) in [5, 5.41) is 11.3. The van der Waals surface area contributed by atoms with E-state index in [1.807, 2.05) is 30.3 Å². The molecule has 0 saturated carbocycles. The van der Waals surface area contributed by atoms with E-state index in [1.54, 1.807) is 12.1 Å². The molecule has 126 valence electrons. The number of carbonyl (C=O) groups excluding carboxylic acids is 1. The van der Waals surface area contributed by atoms with Crippen LogP contribution in [0, 0.1) is 0 Å². The number of amides is 1. The maximum atomic E-state index is 11.8. The Morgan fingerprint density at radius 2 is 1.79 bits per heavy atom. The topological polar surface area (TPSA) is 75.6 Å². The molecule has 0 aliphatic rings. The SMILES string of the molecule is O=C(O)CCCC(=O)Nc1cccc(OCCc2ccccc2)c1. The van der Waals surface area contributed by atoms with Crippen LogP contribution in [0.3, 0.4) is 0 Å². The minimum atomic E-state index is -0.892. The standard InChI is InChI=1S/C19H21NO4/c21-18(10-5-11-19(22)23)20-16-8-4-9-17(14-16)24-13-12-15-6-2-1-3-7-15/h1-4,6-9,14H,5,10-13H2,(H,20,21)(H,22,23). The van der Waals surface area contributed by atoms with E-state index in [0.717, 1.165) is 6.42 Å². The Kier molecular flexibility index (Phi) is 6.83. The fraction of sp³-hybridized carbons (Fsp3) is 0.263. The highest BCUT2D eigenvalue weighted by Gasteiger charge is 2.05. The van der Waals surface area contributed by atoms with Crippen molar-refractivity contribution in [3.63, 3.8) is 0 Å². The highest BCUT2D eigenvalue weighted by atomic mass is 16.5. The number of anilines is 1. The molecule has 5 heteroatoms. The van der Waals surface area contributed by atoms with Crippen LogP contribution in [-0.2, 0) is 16.0 Å². The summed E-state index contributed by atoms with van der Waals surface area (Å²) in [6.45, 7) is 0.556. The van der Waals surface area contributed by atoms with Gasteiger partial charge in [0, 0.05) is 31.0 Å². The van der Waals surface area contributed by atoms with Crippen molar-refractivity contribution in [1.29, 1.82) is 0 Å².